The Balaban J connectivity index is 2.06. The van der Waals surface area contributed by atoms with Crippen molar-refractivity contribution >= 4 is 17.5 Å². The van der Waals surface area contributed by atoms with Crippen molar-refractivity contribution in [2.45, 2.75) is 25.3 Å². The fourth-order valence-corrected chi connectivity index (χ4v) is 1.95. The van der Waals surface area contributed by atoms with Gasteiger partial charge < -0.3 is 4.90 Å². The Morgan fingerprint density at radius 1 is 1.67 bits per heavy atom. The lowest BCUT2D eigenvalue weighted by molar-refractivity contribution is 0.0592. The number of rotatable bonds is 4. The lowest BCUT2D eigenvalue weighted by Gasteiger charge is -2.36. The van der Waals surface area contributed by atoms with Crippen molar-refractivity contribution in [3.63, 3.8) is 0 Å². The molecule has 15 heavy (non-hydrogen) atoms. The van der Waals surface area contributed by atoms with Crippen LogP contribution in [-0.2, 0) is 0 Å². The number of hydrogen-bond donors (Lipinski definition) is 1. The van der Waals surface area contributed by atoms with Crippen molar-refractivity contribution in [3.8, 4) is 0 Å². The molecule has 4 nitrogen and oxygen atoms in total. The van der Waals surface area contributed by atoms with E-state index in [1.54, 1.807) is 12.3 Å². The van der Waals surface area contributed by atoms with Crippen molar-refractivity contribution < 1.29 is 4.79 Å². The third-order valence-corrected chi connectivity index (χ3v) is 3.00. The van der Waals surface area contributed by atoms with Crippen LogP contribution in [0.1, 0.15) is 29.8 Å². The zero-order chi connectivity index (χ0) is 10.7. The predicted octanol–water partition coefficient (Wildman–Crippen LogP) is 1.64. The van der Waals surface area contributed by atoms with Gasteiger partial charge in [0, 0.05) is 24.7 Å². The molecule has 1 aromatic rings. The maximum absolute atomic E-state index is 12.0. The molecule has 82 valence electrons. The molecule has 1 fully saturated rings. The predicted molar refractivity (Wildman–Crippen MR) is 58.0 cm³/mol. The van der Waals surface area contributed by atoms with Crippen LogP contribution in [-0.4, -0.2) is 39.5 Å². The third kappa shape index (κ3) is 2.15. The summed E-state index contributed by atoms with van der Waals surface area (Å²) in [5, 5.41) is 6.48. The second kappa shape index (κ2) is 4.66. The Hall–Kier alpha value is -1.03. The molecule has 1 amide bonds. The largest absolute Gasteiger partial charge is 0.333 e. The number of alkyl halides is 1. The summed E-state index contributed by atoms with van der Waals surface area (Å²) in [6.07, 6.45) is 4.99. The van der Waals surface area contributed by atoms with E-state index in [4.69, 9.17) is 11.6 Å². The summed E-state index contributed by atoms with van der Waals surface area (Å²) in [4.78, 5) is 13.9. The number of aromatic nitrogens is 2. The van der Waals surface area contributed by atoms with E-state index >= 15 is 0 Å². The van der Waals surface area contributed by atoms with Gasteiger partial charge in [0.25, 0.3) is 5.91 Å². The molecular formula is C10H14ClN3O. The fraction of sp³-hybridized carbons (Fsp3) is 0.600. The van der Waals surface area contributed by atoms with Gasteiger partial charge in [0.2, 0.25) is 0 Å². The highest BCUT2D eigenvalue weighted by Gasteiger charge is 2.29. The Bertz CT molecular complexity index is 321. The van der Waals surface area contributed by atoms with E-state index in [1.165, 1.54) is 6.42 Å². The van der Waals surface area contributed by atoms with E-state index in [0.29, 0.717) is 24.2 Å². The van der Waals surface area contributed by atoms with Crippen LogP contribution in [0.15, 0.2) is 12.3 Å². The first-order valence-electron chi connectivity index (χ1n) is 5.19. The highest BCUT2D eigenvalue weighted by atomic mass is 35.5. The zero-order valence-corrected chi connectivity index (χ0v) is 9.20. The van der Waals surface area contributed by atoms with E-state index in [2.05, 4.69) is 10.2 Å². The number of carbonyl (C=O) groups is 1. The second-order valence-electron chi connectivity index (χ2n) is 3.74. The number of amides is 1. The third-order valence-electron chi connectivity index (χ3n) is 2.83. The van der Waals surface area contributed by atoms with Gasteiger partial charge in [0.1, 0.15) is 5.69 Å². The monoisotopic (exact) mass is 227 g/mol. The first-order chi connectivity index (χ1) is 7.33. The summed E-state index contributed by atoms with van der Waals surface area (Å²) in [6.45, 7) is 0.615. The lowest BCUT2D eigenvalue weighted by Crippen LogP contribution is -2.45. The Morgan fingerprint density at radius 2 is 2.47 bits per heavy atom. The molecule has 0 unspecified atom stereocenters. The molecule has 1 aliphatic carbocycles. The van der Waals surface area contributed by atoms with Crippen LogP contribution in [0.5, 0.6) is 0 Å². The Labute approximate surface area is 93.6 Å². The van der Waals surface area contributed by atoms with Crippen molar-refractivity contribution in [3.05, 3.63) is 18.0 Å². The molecule has 1 N–H and O–H groups in total. The number of nitrogens with zero attached hydrogens (tertiary/aromatic N) is 2. The number of nitrogens with one attached hydrogen (secondary N) is 1. The Kier molecular flexibility index (Phi) is 3.26. The first kappa shape index (κ1) is 10.5. The highest BCUT2D eigenvalue weighted by Crippen LogP contribution is 2.25. The van der Waals surface area contributed by atoms with E-state index in [-0.39, 0.29) is 5.91 Å². The van der Waals surface area contributed by atoms with Gasteiger partial charge in [-0.25, -0.2) is 0 Å². The summed E-state index contributed by atoms with van der Waals surface area (Å²) < 4.78 is 0. The topological polar surface area (TPSA) is 49.0 Å². The number of aromatic amines is 1. The molecule has 0 aromatic carbocycles. The van der Waals surface area contributed by atoms with Crippen molar-refractivity contribution in [2.24, 2.45) is 0 Å². The van der Waals surface area contributed by atoms with E-state index in [0.717, 1.165) is 12.8 Å². The maximum atomic E-state index is 12.0. The summed E-state index contributed by atoms with van der Waals surface area (Å²) in [6, 6.07) is 2.07. The van der Waals surface area contributed by atoms with Crippen LogP contribution in [0.3, 0.4) is 0 Å². The van der Waals surface area contributed by atoms with E-state index in [9.17, 15) is 4.79 Å². The van der Waals surface area contributed by atoms with Crippen LogP contribution in [0.25, 0.3) is 0 Å². The molecule has 0 spiro atoms. The molecule has 0 bridgehead atoms. The molecule has 1 aliphatic rings. The van der Waals surface area contributed by atoms with Crippen molar-refractivity contribution in [1.29, 1.82) is 0 Å². The van der Waals surface area contributed by atoms with Gasteiger partial charge in [-0.2, -0.15) is 5.10 Å². The smallest absolute Gasteiger partial charge is 0.272 e. The number of hydrogen-bond acceptors (Lipinski definition) is 2. The quantitative estimate of drug-likeness (QED) is 0.796. The molecular weight excluding hydrogens is 214 g/mol. The minimum absolute atomic E-state index is 0.0119. The van der Waals surface area contributed by atoms with Gasteiger partial charge in [-0.1, -0.05) is 0 Å². The van der Waals surface area contributed by atoms with Crippen LogP contribution < -0.4 is 0 Å². The van der Waals surface area contributed by atoms with Crippen LogP contribution >= 0.6 is 11.6 Å². The van der Waals surface area contributed by atoms with Crippen LogP contribution in [0.4, 0.5) is 0 Å². The van der Waals surface area contributed by atoms with Gasteiger partial charge >= 0.3 is 0 Å². The molecule has 1 saturated carbocycles. The minimum atomic E-state index is 0.0119. The van der Waals surface area contributed by atoms with Crippen molar-refractivity contribution in [2.75, 3.05) is 12.4 Å². The summed E-state index contributed by atoms with van der Waals surface area (Å²) in [7, 11) is 0. The molecule has 1 heterocycles. The van der Waals surface area contributed by atoms with Crippen LogP contribution in [0, 0.1) is 0 Å². The van der Waals surface area contributed by atoms with Crippen LogP contribution in [0.2, 0.25) is 0 Å². The maximum Gasteiger partial charge on any atom is 0.272 e. The van der Waals surface area contributed by atoms with E-state index in [1.807, 2.05) is 4.90 Å². The summed E-state index contributed by atoms with van der Waals surface area (Å²) in [5.74, 6) is 0.494. The highest BCUT2D eigenvalue weighted by molar-refractivity contribution is 6.18. The number of H-pyrrole nitrogens is 1. The number of halogens is 1. The summed E-state index contributed by atoms with van der Waals surface area (Å²) >= 11 is 5.71. The minimum Gasteiger partial charge on any atom is -0.333 e. The standard InChI is InChI=1S/C10H14ClN3O/c11-5-7-14(8-2-1-3-8)10(15)9-4-6-12-13-9/h4,6,8H,1-3,5,7H2,(H,12,13). The van der Waals surface area contributed by atoms with Gasteiger partial charge in [-0.3, -0.25) is 9.89 Å². The molecule has 2 rings (SSSR count). The van der Waals surface area contributed by atoms with Gasteiger partial charge in [0.05, 0.1) is 0 Å². The number of carbonyl (C=O) groups excluding carboxylic acids is 1. The first-order valence-corrected chi connectivity index (χ1v) is 5.72. The van der Waals surface area contributed by atoms with Crippen molar-refractivity contribution in [1.82, 2.24) is 15.1 Å². The van der Waals surface area contributed by atoms with E-state index < -0.39 is 0 Å². The zero-order valence-electron chi connectivity index (χ0n) is 8.45. The SMILES string of the molecule is O=C(c1ccn[nH]1)N(CCCl)C1CCC1. The molecule has 0 atom stereocenters. The van der Waals surface area contributed by atoms with Gasteiger partial charge in [-0.05, 0) is 25.3 Å². The molecule has 0 radical (unpaired) electrons. The molecule has 5 heteroatoms. The second-order valence-corrected chi connectivity index (χ2v) is 4.12. The molecule has 0 aliphatic heterocycles. The van der Waals surface area contributed by atoms with Gasteiger partial charge in [-0.15, -0.1) is 11.6 Å². The van der Waals surface area contributed by atoms with Gasteiger partial charge in [0.15, 0.2) is 0 Å². The lowest BCUT2D eigenvalue weighted by atomic mass is 9.91. The Morgan fingerprint density at radius 3 is 2.93 bits per heavy atom. The molecule has 0 saturated heterocycles. The molecule has 1 aromatic heterocycles. The average molecular weight is 228 g/mol. The fourth-order valence-electron chi connectivity index (χ4n) is 1.77. The normalized spacial score (nSPS) is 16.1. The summed E-state index contributed by atoms with van der Waals surface area (Å²) in [5.41, 5.74) is 0.548. The average Bonchev–Trinajstić information content (AvgIpc) is 2.66.